The van der Waals surface area contributed by atoms with Crippen LogP contribution < -0.4 is 5.73 Å². The van der Waals surface area contributed by atoms with Crippen molar-refractivity contribution in [3.8, 4) is 5.75 Å². The average molecular weight is 294 g/mol. The Balaban J connectivity index is 2.88. The van der Waals surface area contributed by atoms with E-state index in [1.807, 2.05) is 13.8 Å². The van der Waals surface area contributed by atoms with Crippen molar-refractivity contribution in [2.45, 2.75) is 32.4 Å². The molecule has 0 aliphatic carbocycles. The normalized spacial score (nSPS) is 13.8. The predicted molar refractivity (Wildman–Crippen MR) is 78.8 cm³/mol. The van der Waals surface area contributed by atoms with Crippen LogP contribution in [0, 0.1) is 5.92 Å². The van der Waals surface area contributed by atoms with Crippen molar-refractivity contribution in [2.75, 3.05) is 7.05 Å². The third-order valence-electron chi connectivity index (χ3n) is 3.47. The summed E-state index contributed by atoms with van der Waals surface area (Å²) in [6, 6.07) is 4.51. The molecule has 6 heteroatoms. The van der Waals surface area contributed by atoms with Crippen molar-refractivity contribution in [3.05, 3.63) is 29.8 Å². The number of aliphatic carboxylic acids is 1. The second-order valence-corrected chi connectivity index (χ2v) is 5.44. The molecule has 0 aliphatic heterocycles. The van der Waals surface area contributed by atoms with Crippen molar-refractivity contribution in [1.82, 2.24) is 4.90 Å². The molecular formula is C15H22N2O4. The second-order valence-electron chi connectivity index (χ2n) is 5.44. The van der Waals surface area contributed by atoms with Gasteiger partial charge in [-0.3, -0.25) is 4.79 Å². The van der Waals surface area contributed by atoms with Crippen LogP contribution in [0.4, 0.5) is 0 Å². The molecule has 0 saturated carbocycles. The van der Waals surface area contributed by atoms with E-state index >= 15 is 0 Å². The third kappa shape index (κ3) is 4.46. The molecule has 0 bridgehead atoms. The van der Waals surface area contributed by atoms with Crippen LogP contribution in [0.5, 0.6) is 5.75 Å². The largest absolute Gasteiger partial charge is 0.508 e. The highest BCUT2D eigenvalue weighted by atomic mass is 16.4. The number of aromatic hydroxyl groups is 1. The standard InChI is InChI=1S/C15H22N2O4/c1-9(2)13(16)14(19)17(3)12(15(20)21)8-10-4-6-11(18)7-5-10/h4-7,9,12-13,18H,8,16H2,1-3H3,(H,20,21)/t12-,13+/m0/s1. The first-order chi connectivity index (χ1) is 9.73. The molecule has 0 fully saturated rings. The van der Waals surface area contributed by atoms with Gasteiger partial charge in [0, 0.05) is 13.5 Å². The second kappa shape index (κ2) is 7.08. The number of likely N-dealkylation sites (N-methyl/N-ethyl adjacent to an activating group) is 1. The summed E-state index contributed by atoms with van der Waals surface area (Å²) in [6.45, 7) is 3.62. The number of hydrogen-bond acceptors (Lipinski definition) is 4. The van der Waals surface area contributed by atoms with Gasteiger partial charge in [0.05, 0.1) is 6.04 Å². The molecule has 0 spiro atoms. The van der Waals surface area contributed by atoms with Crippen LogP contribution in [0.25, 0.3) is 0 Å². The van der Waals surface area contributed by atoms with E-state index in [4.69, 9.17) is 5.73 Å². The maximum Gasteiger partial charge on any atom is 0.326 e. The van der Waals surface area contributed by atoms with Gasteiger partial charge in [-0.05, 0) is 23.6 Å². The molecule has 0 unspecified atom stereocenters. The van der Waals surface area contributed by atoms with Crippen LogP contribution in [0.15, 0.2) is 24.3 Å². The molecule has 1 aromatic rings. The molecule has 1 rings (SSSR count). The molecule has 2 atom stereocenters. The van der Waals surface area contributed by atoms with E-state index in [2.05, 4.69) is 0 Å². The smallest absolute Gasteiger partial charge is 0.326 e. The number of nitrogens with zero attached hydrogens (tertiary/aromatic N) is 1. The topological polar surface area (TPSA) is 104 Å². The molecule has 0 heterocycles. The summed E-state index contributed by atoms with van der Waals surface area (Å²) in [5, 5.41) is 18.6. The number of rotatable bonds is 6. The number of carbonyl (C=O) groups is 2. The zero-order valence-electron chi connectivity index (χ0n) is 12.5. The van der Waals surface area contributed by atoms with Gasteiger partial charge in [-0.2, -0.15) is 0 Å². The van der Waals surface area contributed by atoms with Gasteiger partial charge in [-0.25, -0.2) is 4.79 Å². The molecule has 0 aliphatic rings. The molecule has 0 aromatic heterocycles. The summed E-state index contributed by atoms with van der Waals surface area (Å²) in [6.07, 6.45) is 0.155. The first kappa shape index (κ1) is 17.0. The van der Waals surface area contributed by atoms with E-state index in [1.165, 1.54) is 24.1 Å². The fraction of sp³-hybridized carbons (Fsp3) is 0.467. The third-order valence-corrected chi connectivity index (χ3v) is 3.47. The van der Waals surface area contributed by atoms with Gasteiger partial charge >= 0.3 is 5.97 Å². The molecular weight excluding hydrogens is 272 g/mol. The van der Waals surface area contributed by atoms with Gasteiger partial charge in [0.1, 0.15) is 11.8 Å². The summed E-state index contributed by atoms with van der Waals surface area (Å²) in [5.41, 5.74) is 6.52. The summed E-state index contributed by atoms with van der Waals surface area (Å²) >= 11 is 0. The molecule has 4 N–H and O–H groups in total. The highest BCUT2D eigenvalue weighted by molar-refractivity contribution is 5.87. The fourth-order valence-corrected chi connectivity index (χ4v) is 1.92. The minimum Gasteiger partial charge on any atom is -0.508 e. The molecule has 0 saturated heterocycles. The first-order valence-electron chi connectivity index (χ1n) is 6.77. The van der Waals surface area contributed by atoms with Crippen LogP contribution in [0.3, 0.4) is 0 Å². The van der Waals surface area contributed by atoms with Crippen molar-refractivity contribution in [2.24, 2.45) is 11.7 Å². The zero-order valence-corrected chi connectivity index (χ0v) is 12.5. The number of benzene rings is 1. The Kier molecular flexibility index (Phi) is 5.72. The minimum atomic E-state index is -1.09. The van der Waals surface area contributed by atoms with Gasteiger partial charge in [0.15, 0.2) is 0 Å². The van der Waals surface area contributed by atoms with Gasteiger partial charge < -0.3 is 20.8 Å². The van der Waals surface area contributed by atoms with Crippen LogP contribution >= 0.6 is 0 Å². The Morgan fingerprint density at radius 1 is 1.24 bits per heavy atom. The Hall–Kier alpha value is -2.08. The Bertz CT molecular complexity index is 499. The Labute approximate surface area is 124 Å². The zero-order chi connectivity index (χ0) is 16.2. The van der Waals surface area contributed by atoms with Crippen molar-refractivity contribution >= 4 is 11.9 Å². The van der Waals surface area contributed by atoms with Gasteiger partial charge in [-0.1, -0.05) is 26.0 Å². The summed E-state index contributed by atoms with van der Waals surface area (Å²) in [7, 11) is 1.45. The van der Waals surface area contributed by atoms with Crippen LogP contribution in [-0.4, -0.2) is 46.1 Å². The first-order valence-corrected chi connectivity index (χ1v) is 6.77. The Morgan fingerprint density at radius 3 is 2.19 bits per heavy atom. The quantitative estimate of drug-likeness (QED) is 0.721. The molecule has 0 radical (unpaired) electrons. The molecule has 21 heavy (non-hydrogen) atoms. The number of phenols is 1. The number of carbonyl (C=O) groups excluding carboxylic acids is 1. The van der Waals surface area contributed by atoms with Crippen LogP contribution in [0.1, 0.15) is 19.4 Å². The maximum absolute atomic E-state index is 12.2. The van der Waals surface area contributed by atoms with E-state index in [1.54, 1.807) is 12.1 Å². The predicted octanol–water partition coefficient (Wildman–Crippen LogP) is 0.830. The minimum absolute atomic E-state index is 0.0666. The van der Waals surface area contributed by atoms with Gasteiger partial charge in [-0.15, -0.1) is 0 Å². The lowest BCUT2D eigenvalue weighted by Gasteiger charge is -2.28. The SMILES string of the molecule is CC(C)[C@@H](N)C(=O)N(C)[C@@H](Cc1ccc(O)cc1)C(=O)O. The van der Waals surface area contributed by atoms with Gasteiger partial charge in [0.25, 0.3) is 0 Å². The summed E-state index contributed by atoms with van der Waals surface area (Å²) < 4.78 is 0. The van der Waals surface area contributed by atoms with Crippen LogP contribution in [0.2, 0.25) is 0 Å². The van der Waals surface area contributed by atoms with E-state index in [0.717, 1.165) is 5.56 Å². The molecule has 1 amide bonds. The molecule has 116 valence electrons. The van der Waals surface area contributed by atoms with E-state index in [0.29, 0.717) is 0 Å². The lowest BCUT2D eigenvalue weighted by molar-refractivity contribution is -0.149. The number of amides is 1. The average Bonchev–Trinajstić information content (AvgIpc) is 2.43. The highest BCUT2D eigenvalue weighted by Crippen LogP contribution is 2.14. The monoisotopic (exact) mass is 294 g/mol. The van der Waals surface area contributed by atoms with Crippen LogP contribution in [-0.2, 0) is 16.0 Å². The van der Waals surface area contributed by atoms with E-state index in [-0.39, 0.29) is 18.1 Å². The number of hydrogen-bond donors (Lipinski definition) is 3. The van der Waals surface area contributed by atoms with Crippen molar-refractivity contribution < 1.29 is 19.8 Å². The lowest BCUT2D eigenvalue weighted by atomic mass is 10.0. The van der Waals surface area contributed by atoms with E-state index < -0.39 is 24.0 Å². The summed E-state index contributed by atoms with van der Waals surface area (Å²) in [4.78, 5) is 24.8. The van der Waals surface area contributed by atoms with Crippen molar-refractivity contribution in [1.29, 1.82) is 0 Å². The molecule has 6 nitrogen and oxygen atoms in total. The van der Waals surface area contributed by atoms with Gasteiger partial charge in [0.2, 0.25) is 5.91 Å². The number of carboxylic acid groups (broad SMARTS) is 1. The van der Waals surface area contributed by atoms with E-state index in [9.17, 15) is 19.8 Å². The highest BCUT2D eigenvalue weighted by Gasteiger charge is 2.30. The Morgan fingerprint density at radius 2 is 1.76 bits per heavy atom. The number of nitrogens with two attached hydrogens (primary N) is 1. The molecule has 1 aromatic carbocycles. The fourth-order valence-electron chi connectivity index (χ4n) is 1.92. The van der Waals surface area contributed by atoms with Crippen molar-refractivity contribution in [3.63, 3.8) is 0 Å². The maximum atomic E-state index is 12.2. The lowest BCUT2D eigenvalue weighted by Crippen LogP contribution is -2.51. The number of carboxylic acids is 1. The number of phenolic OH excluding ortho intramolecular Hbond substituents is 1. The summed E-state index contributed by atoms with van der Waals surface area (Å²) in [5.74, 6) is -1.44.